The van der Waals surface area contributed by atoms with E-state index in [1.165, 1.54) is 21.9 Å². The Morgan fingerprint density at radius 2 is 1.60 bits per heavy atom. The van der Waals surface area contributed by atoms with Gasteiger partial charge in [-0.05, 0) is 37.0 Å². The van der Waals surface area contributed by atoms with Crippen LogP contribution in [0.3, 0.4) is 0 Å². The summed E-state index contributed by atoms with van der Waals surface area (Å²) in [5.74, 6) is -4.40. The van der Waals surface area contributed by atoms with Crippen LogP contribution in [0.1, 0.15) is 51.0 Å². The van der Waals surface area contributed by atoms with E-state index in [4.69, 9.17) is 21.7 Å². The summed E-state index contributed by atoms with van der Waals surface area (Å²) >= 11 is 0. The highest BCUT2D eigenvalue weighted by Gasteiger charge is 2.51. The summed E-state index contributed by atoms with van der Waals surface area (Å²) < 4.78 is 0. The van der Waals surface area contributed by atoms with Crippen LogP contribution in [0.2, 0.25) is 0 Å². The van der Waals surface area contributed by atoms with Gasteiger partial charge in [0.05, 0.1) is 6.04 Å². The van der Waals surface area contributed by atoms with E-state index in [1.807, 2.05) is 6.92 Å². The first-order valence-electron chi connectivity index (χ1n) is 11.4. The Morgan fingerprint density at radius 3 is 2.11 bits per heavy atom. The summed E-state index contributed by atoms with van der Waals surface area (Å²) in [5, 5.41) is 27.7. The molecule has 1 saturated heterocycles. The Hall–Kier alpha value is -3.67. The second-order valence-electron chi connectivity index (χ2n) is 8.54. The van der Waals surface area contributed by atoms with Crippen LogP contribution in [-0.2, 0) is 30.4 Å². The lowest BCUT2D eigenvalue weighted by atomic mass is 10.0. The molecule has 4 atom stereocenters. The molecule has 35 heavy (non-hydrogen) atoms. The van der Waals surface area contributed by atoms with Crippen molar-refractivity contribution in [3.63, 3.8) is 0 Å². The third kappa shape index (κ3) is 6.92. The number of aromatic hydroxyl groups is 1. The number of hydrogen-bond donors (Lipinski definition) is 5. The minimum Gasteiger partial charge on any atom is -0.508 e. The fourth-order valence-corrected chi connectivity index (χ4v) is 4.29. The van der Waals surface area contributed by atoms with Crippen LogP contribution in [0.4, 0.5) is 0 Å². The van der Waals surface area contributed by atoms with E-state index in [2.05, 4.69) is 0 Å². The van der Waals surface area contributed by atoms with Crippen molar-refractivity contribution in [2.24, 2.45) is 11.5 Å². The van der Waals surface area contributed by atoms with Crippen molar-refractivity contribution in [3.05, 3.63) is 29.8 Å². The van der Waals surface area contributed by atoms with Gasteiger partial charge in [-0.2, -0.15) is 0 Å². The summed E-state index contributed by atoms with van der Waals surface area (Å²) in [6.45, 7) is 1.82. The molecule has 1 fully saturated rings. The average Bonchev–Trinajstić information content (AvgIpc) is 3.04. The predicted octanol–water partition coefficient (Wildman–Crippen LogP) is 0.0111. The van der Waals surface area contributed by atoms with E-state index < -0.39 is 60.4 Å². The number of phenols is 1. The lowest BCUT2D eigenvalue weighted by Crippen LogP contribution is -2.54. The lowest BCUT2D eigenvalue weighted by molar-refractivity contribution is -0.143. The number of aliphatic carboxylic acids is 2. The maximum Gasteiger partial charge on any atom is 0.303 e. The molecule has 7 N–H and O–H groups in total. The number of phenolic OH excluding ortho intramolecular Hbond substituents is 1. The minimum absolute atomic E-state index is 0.0167. The predicted molar refractivity (Wildman–Crippen MR) is 123 cm³/mol. The molecule has 0 radical (unpaired) electrons. The molecule has 192 valence electrons. The van der Waals surface area contributed by atoms with E-state index in [-0.39, 0.29) is 37.9 Å². The van der Waals surface area contributed by atoms with Crippen molar-refractivity contribution in [2.45, 2.75) is 76.2 Å². The highest BCUT2D eigenvalue weighted by Crippen LogP contribution is 2.32. The molecule has 0 bridgehead atoms. The van der Waals surface area contributed by atoms with Gasteiger partial charge in [-0.25, -0.2) is 0 Å². The third-order valence-corrected chi connectivity index (χ3v) is 5.97. The summed E-state index contributed by atoms with van der Waals surface area (Å²) in [4.78, 5) is 64.0. The molecular weight excluding hydrogens is 460 g/mol. The van der Waals surface area contributed by atoms with Crippen molar-refractivity contribution in [1.82, 2.24) is 9.80 Å². The van der Waals surface area contributed by atoms with Crippen LogP contribution in [0.25, 0.3) is 0 Å². The van der Waals surface area contributed by atoms with Crippen LogP contribution in [0.15, 0.2) is 24.3 Å². The molecule has 0 saturated carbocycles. The van der Waals surface area contributed by atoms with Gasteiger partial charge in [0.25, 0.3) is 0 Å². The van der Waals surface area contributed by atoms with Crippen molar-refractivity contribution >= 4 is 29.7 Å². The zero-order valence-corrected chi connectivity index (χ0v) is 19.5. The van der Waals surface area contributed by atoms with Crippen LogP contribution in [0.5, 0.6) is 5.75 Å². The number of carbonyl (C=O) groups excluding carboxylic acids is 3. The second-order valence-corrected chi connectivity index (χ2v) is 8.54. The number of carboxylic acid groups (broad SMARTS) is 2. The molecule has 1 aromatic carbocycles. The molecule has 1 unspecified atom stereocenters. The minimum atomic E-state index is -1.26. The zero-order chi connectivity index (χ0) is 26.3. The van der Waals surface area contributed by atoms with Crippen molar-refractivity contribution in [3.8, 4) is 5.75 Å². The molecule has 12 nitrogen and oxygen atoms in total. The van der Waals surface area contributed by atoms with Gasteiger partial charge in [-0.15, -0.1) is 0 Å². The largest absolute Gasteiger partial charge is 0.508 e. The zero-order valence-electron chi connectivity index (χ0n) is 19.5. The van der Waals surface area contributed by atoms with Crippen LogP contribution in [0, 0.1) is 0 Å². The standard InChI is InChI=1S/C23H32N4O8/c1-2-3-18-26(16(21(25)33)9-11-20(31)32)23(35)17(12-13-4-6-14(28)7-5-13)27(18)22(34)15(24)8-10-19(29)30/h4-7,15-18,28H,2-3,8-12,24H2,1H3,(H2,25,33)(H,29,30)(H,31,32)/t15-,16-,17-,18?/m0/s1. The number of primary amides is 1. The fraction of sp³-hybridized carbons (Fsp3) is 0.522. The number of nitrogens with zero attached hydrogens (tertiary/aromatic N) is 2. The molecule has 1 aliphatic rings. The molecule has 1 aromatic rings. The maximum absolute atomic E-state index is 13.6. The Kier molecular flexibility index (Phi) is 9.58. The number of amides is 3. The molecule has 12 heteroatoms. The van der Waals surface area contributed by atoms with Gasteiger partial charge in [0.15, 0.2) is 0 Å². The first-order chi connectivity index (χ1) is 16.5. The molecule has 3 amide bonds. The van der Waals surface area contributed by atoms with E-state index in [0.29, 0.717) is 12.0 Å². The Morgan fingerprint density at radius 1 is 1.03 bits per heavy atom. The van der Waals surface area contributed by atoms with Gasteiger partial charge in [0.2, 0.25) is 17.7 Å². The molecular formula is C23H32N4O8. The first-order valence-corrected chi connectivity index (χ1v) is 11.4. The van der Waals surface area contributed by atoms with Gasteiger partial charge in [0, 0.05) is 19.3 Å². The Balaban J connectivity index is 2.50. The maximum atomic E-state index is 13.6. The van der Waals surface area contributed by atoms with Gasteiger partial charge in [0.1, 0.15) is 24.0 Å². The molecule has 1 heterocycles. The van der Waals surface area contributed by atoms with Crippen molar-refractivity contribution in [1.29, 1.82) is 0 Å². The highest BCUT2D eigenvalue weighted by molar-refractivity contribution is 5.96. The van der Waals surface area contributed by atoms with Crippen LogP contribution >= 0.6 is 0 Å². The number of benzene rings is 1. The fourth-order valence-electron chi connectivity index (χ4n) is 4.29. The van der Waals surface area contributed by atoms with Gasteiger partial charge < -0.3 is 36.6 Å². The van der Waals surface area contributed by atoms with Gasteiger partial charge in [-0.1, -0.05) is 25.5 Å². The Bertz CT molecular complexity index is 951. The monoisotopic (exact) mass is 492 g/mol. The summed E-state index contributed by atoms with van der Waals surface area (Å²) in [6, 6.07) is 2.50. The molecule has 0 spiro atoms. The number of nitrogens with two attached hydrogens (primary N) is 2. The lowest BCUT2D eigenvalue weighted by Gasteiger charge is -2.35. The highest BCUT2D eigenvalue weighted by atomic mass is 16.4. The summed E-state index contributed by atoms with van der Waals surface area (Å²) in [7, 11) is 0. The summed E-state index contributed by atoms with van der Waals surface area (Å²) in [5.41, 5.74) is 12.2. The van der Waals surface area contributed by atoms with E-state index in [1.54, 1.807) is 12.1 Å². The van der Waals surface area contributed by atoms with Crippen molar-refractivity contribution in [2.75, 3.05) is 0 Å². The quantitative estimate of drug-likeness (QED) is 0.251. The van der Waals surface area contributed by atoms with E-state index >= 15 is 0 Å². The van der Waals surface area contributed by atoms with Crippen LogP contribution < -0.4 is 11.5 Å². The third-order valence-electron chi connectivity index (χ3n) is 5.97. The smallest absolute Gasteiger partial charge is 0.303 e. The average molecular weight is 493 g/mol. The van der Waals surface area contributed by atoms with Crippen LogP contribution in [-0.4, -0.2) is 79.1 Å². The number of carbonyl (C=O) groups is 5. The molecule has 0 aliphatic carbocycles. The molecule has 2 rings (SSSR count). The SMILES string of the molecule is CCCC1N(C(=O)[C@@H](N)CCC(=O)O)[C@@H](Cc2ccc(O)cc2)C(=O)N1[C@@H](CCC(=O)O)C(N)=O. The normalized spacial score (nSPS) is 19.4. The number of carboxylic acids is 2. The van der Waals surface area contributed by atoms with Crippen molar-refractivity contribution < 1.29 is 39.3 Å². The number of hydrogen-bond acceptors (Lipinski definition) is 7. The first kappa shape index (κ1) is 27.6. The Labute approximate surface area is 202 Å². The second kappa shape index (κ2) is 12.2. The van der Waals surface area contributed by atoms with Gasteiger partial charge >= 0.3 is 11.9 Å². The topological polar surface area (TPSA) is 205 Å². The molecule has 1 aliphatic heterocycles. The van der Waals surface area contributed by atoms with Gasteiger partial charge in [-0.3, -0.25) is 24.0 Å². The number of rotatable bonds is 13. The van der Waals surface area contributed by atoms with E-state index in [0.717, 1.165) is 0 Å². The van der Waals surface area contributed by atoms with E-state index in [9.17, 15) is 29.1 Å². The summed E-state index contributed by atoms with van der Waals surface area (Å²) in [6.07, 6.45) is -1.23. The molecule has 0 aromatic heterocycles.